The van der Waals surface area contributed by atoms with Crippen molar-refractivity contribution in [3.63, 3.8) is 0 Å². The molecule has 12 heteroatoms. The Kier molecular flexibility index (Phi) is 9.79. The van der Waals surface area contributed by atoms with Gasteiger partial charge in [0.1, 0.15) is 17.5 Å². The first kappa shape index (κ1) is 34.1. The molecular formula is C35H42ClFN8O2. The van der Waals surface area contributed by atoms with Gasteiger partial charge >= 0.3 is 5.69 Å². The number of hydrogen-bond donors (Lipinski definition) is 0. The Balaban J connectivity index is 1.87. The van der Waals surface area contributed by atoms with E-state index in [4.69, 9.17) is 26.6 Å². The summed E-state index contributed by atoms with van der Waals surface area (Å²) in [5.74, 6) is 0.230. The number of halogens is 2. The van der Waals surface area contributed by atoms with Gasteiger partial charge in [-0.15, -0.1) is 0 Å². The average molecular weight is 661 g/mol. The number of amides is 1. The highest BCUT2D eigenvalue weighted by atomic mass is 35.5. The van der Waals surface area contributed by atoms with Crippen LogP contribution < -0.4 is 10.6 Å². The van der Waals surface area contributed by atoms with Crippen molar-refractivity contribution in [1.82, 2.24) is 34.3 Å². The van der Waals surface area contributed by atoms with Crippen LogP contribution in [0.5, 0.6) is 0 Å². The summed E-state index contributed by atoms with van der Waals surface area (Å²) in [6.45, 7) is 17.0. The molecule has 5 rings (SSSR count). The van der Waals surface area contributed by atoms with E-state index < -0.39 is 11.5 Å². The minimum Gasteiger partial charge on any atom is -0.349 e. The van der Waals surface area contributed by atoms with E-state index in [9.17, 15) is 9.59 Å². The van der Waals surface area contributed by atoms with Crippen LogP contribution in [0.25, 0.3) is 28.0 Å². The number of benzene rings is 1. The molecule has 3 aromatic heterocycles. The number of aromatic nitrogens is 5. The van der Waals surface area contributed by atoms with Crippen LogP contribution in [0.4, 0.5) is 10.2 Å². The Morgan fingerprint density at radius 2 is 1.68 bits per heavy atom. The third kappa shape index (κ3) is 6.51. The Morgan fingerprint density at radius 1 is 1.04 bits per heavy atom. The van der Waals surface area contributed by atoms with Gasteiger partial charge in [0.15, 0.2) is 5.65 Å². The number of fused-ring (bicyclic) bond motifs is 1. The van der Waals surface area contributed by atoms with Crippen molar-refractivity contribution in [3.8, 4) is 16.9 Å². The van der Waals surface area contributed by atoms with Gasteiger partial charge in [0, 0.05) is 30.7 Å². The van der Waals surface area contributed by atoms with Gasteiger partial charge in [0.05, 0.1) is 39.7 Å². The Hall–Kier alpha value is -4.22. The molecule has 10 nitrogen and oxygen atoms in total. The van der Waals surface area contributed by atoms with Gasteiger partial charge in [-0.1, -0.05) is 58.0 Å². The molecule has 0 saturated carbocycles. The summed E-state index contributed by atoms with van der Waals surface area (Å²) >= 11 is 6.88. The molecule has 1 fully saturated rings. The predicted octanol–water partition coefficient (Wildman–Crippen LogP) is 5.95. The van der Waals surface area contributed by atoms with Gasteiger partial charge < -0.3 is 14.7 Å². The average Bonchev–Trinajstić information content (AvgIpc) is 3.01. The Labute approximate surface area is 279 Å². The van der Waals surface area contributed by atoms with Gasteiger partial charge in [-0.05, 0) is 64.1 Å². The van der Waals surface area contributed by atoms with Crippen LogP contribution >= 0.6 is 11.6 Å². The smallest absolute Gasteiger partial charge is 0.349 e. The van der Waals surface area contributed by atoms with E-state index >= 15 is 4.39 Å². The van der Waals surface area contributed by atoms with Crippen LogP contribution in [0.15, 0.2) is 47.8 Å². The van der Waals surface area contributed by atoms with E-state index in [1.165, 1.54) is 16.7 Å². The van der Waals surface area contributed by atoms with Gasteiger partial charge in [0.2, 0.25) is 5.91 Å². The zero-order chi connectivity index (χ0) is 34.3. The number of piperazine rings is 1. The standard InChI is InChI=1S/C35H42ClFN8O2/c1-10-28(46)43-16-22(7)44(17-21(43)6)33-24-15-25(36)31(23-13-11-12-14-26(23)37)40-34(24)45(35(47)41-33)32-29(19(2)3)38-27(18-42(8)9)39-30(32)20(4)5/h10-15,19-22H,1,16-18H2,2-9H3. The number of hydrogen-bond acceptors (Lipinski definition) is 8. The summed E-state index contributed by atoms with van der Waals surface area (Å²) in [6, 6.07) is 7.59. The zero-order valence-corrected chi connectivity index (χ0v) is 29.0. The summed E-state index contributed by atoms with van der Waals surface area (Å²) in [5, 5.41) is 0.724. The minimum absolute atomic E-state index is 0.0808. The highest BCUT2D eigenvalue weighted by molar-refractivity contribution is 6.33. The number of anilines is 1. The van der Waals surface area contributed by atoms with Crippen LogP contribution in [0, 0.1) is 5.82 Å². The van der Waals surface area contributed by atoms with E-state index in [0.717, 1.165) is 0 Å². The number of pyridine rings is 1. The first-order valence-corrected chi connectivity index (χ1v) is 16.2. The lowest BCUT2D eigenvalue weighted by Gasteiger charge is -2.44. The molecule has 0 aliphatic carbocycles. The maximum absolute atomic E-state index is 15.2. The fourth-order valence-corrected chi connectivity index (χ4v) is 6.40. The van der Waals surface area contributed by atoms with Crippen LogP contribution in [-0.4, -0.2) is 79.5 Å². The number of carbonyl (C=O) groups is 1. The number of rotatable bonds is 8. The molecule has 1 aromatic carbocycles. The molecule has 1 amide bonds. The van der Waals surface area contributed by atoms with Crippen LogP contribution in [0.2, 0.25) is 5.02 Å². The summed E-state index contributed by atoms with van der Waals surface area (Å²) in [5.41, 5.74) is 1.98. The van der Waals surface area contributed by atoms with Crippen molar-refractivity contribution in [2.75, 3.05) is 32.1 Å². The fraction of sp³-hybridized carbons (Fsp3) is 0.429. The van der Waals surface area contributed by atoms with E-state index in [1.807, 2.05) is 65.4 Å². The molecule has 4 heterocycles. The number of nitrogens with zero attached hydrogens (tertiary/aromatic N) is 8. The molecule has 0 radical (unpaired) electrons. The molecule has 0 N–H and O–H groups in total. The van der Waals surface area contributed by atoms with Gasteiger partial charge in [-0.2, -0.15) is 4.98 Å². The van der Waals surface area contributed by atoms with Crippen molar-refractivity contribution in [1.29, 1.82) is 0 Å². The van der Waals surface area contributed by atoms with Crippen LogP contribution in [0.1, 0.15) is 70.6 Å². The molecule has 4 aromatic rings. The number of carbonyl (C=O) groups excluding carboxylic acids is 1. The van der Waals surface area contributed by atoms with Crippen molar-refractivity contribution >= 4 is 34.4 Å². The second kappa shape index (κ2) is 13.5. The zero-order valence-electron chi connectivity index (χ0n) is 28.3. The van der Waals surface area contributed by atoms with E-state index in [2.05, 4.69) is 11.6 Å². The Bertz CT molecular complexity index is 1880. The van der Waals surface area contributed by atoms with E-state index in [-0.39, 0.29) is 51.8 Å². The van der Waals surface area contributed by atoms with Crippen LogP contribution in [0.3, 0.4) is 0 Å². The summed E-state index contributed by atoms with van der Waals surface area (Å²) in [6.07, 6.45) is 1.31. The molecule has 248 valence electrons. The second-order valence-electron chi connectivity index (χ2n) is 13.1. The molecule has 1 saturated heterocycles. The quantitative estimate of drug-likeness (QED) is 0.214. The summed E-state index contributed by atoms with van der Waals surface area (Å²) in [7, 11) is 3.91. The third-order valence-corrected chi connectivity index (χ3v) is 8.69. The van der Waals surface area contributed by atoms with Gasteiger partial charge in [-0.3, -0.25) is 4.79 Å². The third-order valence-electron chi connectivity index (χ3n) is 8.41. The lowest BCUT2D eigenvalue weighted by molar-refractivity contribution is -0.128. The van der Waals surface area contributed by atoms with Gasteiger partial charge in [-0.25, -0.2) is 28.7 Å². The lowest BCUT2D eigenvalue weighted by Crippen LogP contribution is -2.58. The molecule has 2 atom stereocenters. The monoisotopic (exact) mass is 660 g/mol. The highest BCUT2D eigenvalue weighted by Crippen LogP contribution is 2.37. The van der Waals surface area contributed by atoms with Gasteiger partial charge in [0.25, 0.3) is 0 Å². The summed E-state index contributed by atoms with van der Waals surface area (Å²) < 4.78 is 16.7. The largest absolute Gasteiger partial charge is 0.355 e. The molecule has 2 unspecified atom stereocenters. The fourth-order valence-electron chi connectivity index (χ4n) is 6.14. The molecule has 0 bridgehead atoms. The van der Waals surface area contributed by atoms with Crippen molar-refractivity contribution in [2.45, 2.75) is 72.0 Å². The van der Waals surface area contributed by atoms with E-state index in [1.54, 1.807) is 29.2 Å². The molecular weight excluding hydrogens is 619 g/mol. The topological polar surface area (TPSA) is 100 Å². The highest BCUT2D eigenvalue weighted by Gasteiger charge is 2.34. The maximum atomic E-state index is 15.2. The van der Waals surface area contributed by atoms with Crippen molar-refractivity contribution < 1.29 is 9.18 Å². The molecule has 0 spiro atoms. The minimum atomic E-state index is -0.570. The first-order valence-electron chi connectivity index (χ1n) is 15.9. The molecule has 47 heavy (non-hydrogen) atoms. The molecule has 1 aliphatic heterocycles. The summed E-state index contributed by atoms with van der Waals surface area (Å²) in [4.78, 5) is 52.3. The lowest BCUT2D eigenvalue weighted by atomic mass is 10.0. The maximum Gasteiger partial charge on any atom is 0.355 e. The van der Waals surface area contributed by atoms with Crippen molar-refractivity contribution in [2.24, 2.45) is 0 Å². The van der Waals surface area contributed by atoms with Crippen molar-refractivity contribution in [3.05, 3.63) is 81.5 Å². The predicted molar refractivity (Wildman–Crippen MR) is 185 cm³/mol. The van der Waals surface area contributed by atoms with Crippen LogP contribution in [-0.2, 0) is 11.3 Å². The first-order chi connectivity index (χ1) is 22.2. The molecule has 1 aliphatic rings. The second-order valence-corrected chi connectivity index (χ2v) is 13.5. The SMILES string of the molecule is C=CC(=O)N1CC(C)N(c2nc(=O)n(-c3c(C(C)C)nc(CN(C)C)nc3C(C)C)c3nc(-c4ccccc4F)c(Cl)cc23)CC1C. The Morgan fingerprint density at radius 3 is 2.26 bits per heavy atom. The normalized spacial score (nSPS) is 17.0. The van der Waals surface area contributed by atoms with E-state index in [0.29, 0.717) is 53.7 Å².